The summed E-state index contributed by atoms with van der Waals surface area (Å²) in [4.78, 5) is 14.8. The summed E-state index contributed by atoms with van der Waals surface area (Å²) in [6, 6.07) is 12.9. The van der Waals surface area contributed by atoms with Crippen molar-refractivity contribution in [1.29, 1.82) is 0 Å². The van der Waals surface area contributed by atoms with Crippen LogP contribution in [-0.4, -0.2) is 44.1 Å². The summed E-state index contributed by atoms with van der Waals surface area (Å²) in [5, 5.41) is 2.84. The van der Waals surface area contributed by atoms with Gasteiger partial charge in [0.1, 0.15) is 22.6 Å². The number of benzene rings is 2. The highest BCUT2D eigenvalue weighted by Crippen LogP contribution is 2.43. The molecule has 2 aromatic carbocycles. The third kappa shape index (κ3) is 4.24. The number of nitrogens with one attached hydrogen (secondary N) is 1. The third-order valence-electron chi connectivity index (χ3n) is 4.28. The van der Waals surface area contributed by atoms with Gasteiger partial charge >= 0.3 is 6.03 Å². The molecule has 1 aliphatic heterocycles. The predicted molar refractivity (Wildman–Crippen MR) is 108 cm³/mol. The average molecular weight is 388 g/mol. The van der Waals surface area contributed by atoms with Crippen LogP contribution in [0.4, 0.5) is 10.5 Å². The van der Waals surface area contributed by atoms with Crippen molar-refractivity contribution >= 4 is 23.5 Å². The van der Waals surface area contributed by atoms with Crippen LogP contribution in [0.15, 0.2) is 42.5 Å². The summed E-state index contributed by atoms with van der Waals surface area (Å²) in [5.41, 5.74) is 1.59. The van der Waals surface area contributed by atoms with Crippen LogP contribution in [-0.2, 0) is 0 Å². The smallest absolute Gasteiger partial charge is 0.323 e. The molecule has 144 valence electrons. The number of carbonyl (C=O) groups excluding carboxylic acids is 1. The van der Waals surface area contributed by atoms with Crippen LogP contribution in [0.3, 0.4) is 0 Å². The van der Waals surface area contributed by atoms with Crippen molar-refractivity contribution in [3.63, 3.8) is 0 Å². The fraction of sp³-hybridized carbons (Fsp3) is 0.350. The van der Waals surface area contributed by atoms with Crippen LogP contribution >= 0.6 is 11.8 Å². The molecule has 1 fully saturated rings. The van der Waals surface area contributed by atoms with Gasteiger partial charge in [0.15, 0.2) is 0 Å². The predicted octanol–water partition coefficient (Wildman–Crippen LogP) is 4.38. The fourth-order valence-electron chi connectivity index (χ4n) is 3.01. The van der Waals surface area contributed by atoms with Gasteiger partial charge in [-0.25, -0.2) is 4.79 Å². The van der Waals surface area contributed by atoms with Gasteiger partial charge in [-0.15, -0.1) is 11.8 Å². The summed E-state index contributed by atoms with van der Waals surface area (Å²) >= 11 is 1.70. The highest BCUT2D eigenvalue weighted by molar-refractivity contribution is 7.99. The van der Waals surface area contributed by atoms with Crippen LogP contribution in [0.5, 0.6) is 17.2 Å². The summed E-state index contributed by atoms with van der Waals surface area (Å²) in [6.45, 7) is 3.11. The van der Waals surface area contributed by atoms with E-state index in [9.17, 15) is 4.79 Å². The topological polar surface area (TPSA) is 60.0 Å². The van der Waals surface area contributed by atoms with E-state index in [2.05, 4.69) is 5.32 Å². The molecule has 2 amide bonds. The Morgan fingerprint density at radius 1 is 1.19 bits per heavy atom. The van der Waals surface area contributed by atoms with Crippen LogP contribution < -0.4 is 19.5 Å². The van der Waals surface area contributed by atoms with Crippen LogP contribution in [0.2, 0.25) is 0 Å². The number of anilines is 1. The first-order valence-electron chi connectivity index (χ1n) is 8.81. The Morgan fingerprint density at radius 2 is 2.00 bits per heavy atom. The van der Waals surface area contributed by atoms with Gasteiger partial charge in [-0.2, -0.15) is 0 Å². The van der Waals surface area contributed by atoms with Gasteiger partial charge in [-0.1, -0.05) is 12.1 Å². The molecule has 2 aromatic rings. The van der Waals surface area contributed by atoms with Gasteiger partial charge in [0.05, 0.1) is 26.5 Å². The van der Waals surface area contributed by atoms with Gasteiger partial charge in [-0.05, 0) is 37.3 Å². The van der Waals surface area contributed by atoms with E-state index in [-0.39, 0.29) is 11.4 Å². The van der Waals surface area contributed by atoms with Crippen molar-refractivity contribution in [2.24, 2.45) is 0 Å². The van der Waals surface area contributed by atoms with E-state index in [4.69, 9.17) is 14.2 Å². The molecule has 1 atom stereocenters. The minimum atomic E-state index is -0.165. The minimum absolute atomic E-state index is 0.144. The van der Waals surface area contributed by atoms with Crippen molar-refractivity contribution in [3.05, 3.63) is 48.0 Å². The lowest BCUT2D eigenvalue weighted by atomic mass is 10.1. The zero-order chi connectivity index (χ0) is 19.2. The lowest BCUT2D eigenvalue weighted by molar-refractivity contribution is 0.213. The Hall–Kier alpha value is -2.54. The van der Waals surface area contributed by atoms with Crippen molar-refractivity contribution in [1.82, 2.24) is 4.90 Å². The molecule has 27 heavy (non-hydrogen) atoms. The van der Waals surface area contributed by atoms with E-state index in [1.165, 1.54) is 0 Å². The minimum Gasteiger partial charge on any atom is -0.497 e. The first-order chi connectivity index (χ1) is 13.2. The first kappa shape index (κ1) is 19.2. The lowest BCUT2D eigenvalue weighted by Crippen LogP contribution is -2.34. The van der Waals surface area contributed by atoms with Crippen LogP contribution in [0.25, 0.3) is 0 Å². The number of carbonyl (C=O) groups is 1. The second-order valence-electron chi connectivity index (χ2n) is 5.88. The average Bonchev–Trinajstić information content (AvgIpc) is 3.19. The van der Waals surface area contributed by atoms with Crippen molar-refractivity contribution in [2.45, 2.75) is 12.3 Å². The second kappa shape index (κ2) is 8.90. The maximum Gasteiger partial charge on any atom is 0.323 e. The maximum absolute atomic E-state index is 13.0. The molecule has 0 aromatic heterocycles. The molecule has 1 saturated heterocycles. The van der Waals surface area contributed by atoms with Crippen molar-refractivity contribution in [2.75, 3.05) is 38.4 Å². The molecule has 1 unspecified atom stereocenters. The molecule has 0 aliphatic carbocycles. The molecule has 0 spiro atoms. The third-order valence-corrected chi connectivity index (χ3v) is 5.53. The van der Waals surface area contributed by atoms with Crippen LogP contribution in [0.1, 0.15) is 17.9 Å². The summed E-state index contributed by atoms with van der Waals surface area (Å²) in [7, 11) is 3.26. The Bertz CT molecular complexity index is 799. The van der Waals surface area contributed by atoms with Gasteiger partial charge in [0.2, 0.25) is 0 Å². The summed E-state index contributed by atoms with van der Waals surface area (Å²) < 4.78 is 16.5. The quantitative estimate of drug-likeness (QED) is 0.796. The largest absolute Gasteiger partial charge is 0.497 e. The molecular formula is C20H24N2O4S. The number of rotatable bonds is 6. The van der Waals surface area contributed by atoms with Gasteiger partial charge in [0, 0.05) is 17.9 Å². The second-order valence-corrected chi connectivity index (χ2v) is 7.07. The van der Waals surface area contributed by atoms with E-state index < -0.39 is 0 Å². The number of methoxy groups -OCH3 is 2. The molecule has 1 heterocycles. The van der Waals surface area contributed by atoms with E-state index >= 15 is 0 Å². The normalized spacial score (nSPS) is 16.1. The zero-order valence-electron chi connectivity index (χ0n) is 15.7. The zero-order valence-corrected chi connectivity index (χ0v) is 16.5. The molecule has 6 nitrogen and oxygen atoms in total. The highest BCUT2D eigenvalue weighted by atomic mass is 32.2. The lowest BCUT2D eigenvalue weighted by Gasteiger charge is -2.26. The van der Waals surface area contributed by atoms with Crippen molar-refractivity contribution in [3.8, 4) is 17.2 Å². The number of amides is 2. The van der Waals surface area contributed by atoms with Crippen molar-refractivity contribution < 1.29 is 19.0 Å². The number of urea groups is 1. The Balaban J connectivity index is 1.84. The van der Waals surface area contributed by atoms with Gasteiger partial charge in [0.25, 0.3) is 0 Å². The van der Waals surface area contributed by atoms with E-state index in [1.807, 2.05) is 54.3 Å². The Morgan fingerprint density at radius 3 is 2.74 bits per heavy atom. The number of nitrogens with zero attached hydrogens (tertiary/aromatic N) is 1. The molecule has 0 saturated carbocycles. The van der Waals surface area contributed by atoms with Gasteiger partial charge in [-0.3, -0.25) is 0 Å². The number of hydrogen-bond acceptors (Lipinski definition) is 5. The molecule has 0 bridgehead atoms. The number of ether oxygens (including phenoxy) is 3. The number of thioether (sulfide) groups is 1. The SMILES string of the molecule is CCOc1ccccc1NC(=O)N1CCSC1c1cc(OC)ccc1OC. The van der Waals surface area contributed by atoms with E-state index in [1.54, 1.807) is 26.0 Å². The molecule has 0 radical (unpaired) electrons. The molecule has 1 aliphatic rings. The number of para-hydroxylation sites is 2. The van der Waals surface area contributed by atoms with E-state index in [0.717, 1.165) is 22.8 Å². The van der Waals surface area contributed by atoms with Gasteiger partial charge < -0.3 is 24.4 Å². The van der Waals surface area contributed by atoms with Crippen LogP contribution in [0, 0.1) is 0 Å². The Kier molecular flexibility index (Phi) is 6.34. The highest BCUT2D eigenvalue weighted by Gasteiger charge is 2.33. The Labute approximate surface area is 163 Å². The first-order valence-corrected chi connectivity index (χ1v) is 9.85. The maximum atomic E-state index is 13.0. The summed E-state index contributed by atoms with van der Waals surface area (Å²) in [6.07, 6.45) is 0. The molecular weight excluding hydrogens is 364 g/mol. The standard InChI is InChI=1S/C20H24N2O4S/c1-4-26-18-8-6-5-7-16(18)21-20(23)22-11-12-27-19(22)15-13-14(24-2)9-10-17(15)25-3/h5-10,13,19H,4,11-12H2,1-3H3,(H,21,23). The molecule has 3 rings (SSSR count). The van der Waals surface area contributed by atoms with E-state index in [0.29, 0.717) is 24.6 Å². The molecule has 1 N–H and O–H groups in total. The monoisotopic (exact) mass is 388 g/mol. The summed E-state index contributed by atoms with van der Waals surface area (Å²) in [5.74, 6) is 2.99. The fourth-order valence-corrected chi connectivity index (χ4v) is 4.28. The number of hydrogen-bond donors (Lipinski definition) is 1. The molecule has 7 heteroatoms.